The molecule has 170 valence electrons. The topological polar surface area (TPSA) is 86.3 Å². The van der Waals surface area contributed by atoms with Crippen molar-refractivity contribution in [1.29, 1.82) is 0 Å². The predicted octanol–water partition coefficient (Wildman–Crippen LogP) is 1.35. The summed E-state index contributed by atoms with van der Waals surface area (Å²) in [6.07, 6.45) is 1.05. The van der Waals surface area contributed by atoms with Crippen molar-refractivity contribution in [2.45, 2.75) is 31.7 Å². The van der Waals surface area contributed by atoms with E-state index in [1.807, 2.05) is 19.2 Å². The lowest BCUT2D eigenvalue weighted by molar-refractivity contribution is 0.128. The Morgan fingerprint density at radius 3 is 2.50 bits per heavy atom. The molecule has 1 saturated heterocycles. The van der Waals surface area contributed by atoms with E-state index in [1.54, 1.807) is 23.5 Å². The second kappa shape index (κ2) is 12.2. The van der Waals surface area contributed by atoms with Gasteiger partial charge in [-0.3, -0.25) is 4.99 Å². The minimum Gasteiger partial charge on any atom is -0.380 e. The van der Waals surface area contributed by atoms with Crippen LogP contribution in [-0.2, 0) is 21.3 Å². The Morgan fingerprint density at radius 1 is 1.13 bits per heavy atom. The van der Waals surface area contributed by atoms with E-state index in [0.717, 1.165) is 31.7 Å². The van der Waals surface area contributed by atoms with Gasteiger partial charge < -0.3 is 20.3 Å². The number of benzene rings is 1. The number of likely N-dealkylation sites (N-methyl/N-ethyl adjacent to an activating group) is 1. The van der Waals surface area contributed by atoms with Crippen molar-refractivity contribution < 1.29 is 13.2 Å². The molecule has 8 nitrogen and oxygen atoms in total. The summed E-state index contributed by atoms with van der Waals surface area (Å²) in [5.74, 6) is 1.25. The van der Waals surface area contributed by atoms with Crippen LogP contribution in [0.1, 0.15) is 25.8 Å². The number of ether oxygens (including phenoxy) is 1. The summed E-state index contributed by atoms with van der Waals surface area (Å²) in [6, 6.07) is 7.16. The Bertz CT molecular complexity index is 775. The quantitative estimate of drug-likeness (QED) is 0.325. The van der Waals surface area contributed by atoms with Gasteiger partial charge in [-0.1, -0.05) is 32.0 Å². The van der Waals surface area contributed by atoms with E-state index in [-0.39, 0.29) is 0 Å². The maximum atomic E-state index is 13.2. The number of aliphatic imine (C=N–C) groups is 1. The van der Waals surface area contributed by atoms with Gasteiger partial charge in [-0.2, -0.15) is 4.31 Å². The number of hydrogen-bond donors (Lipinski definition) is 2. The largest absolute Gasteiger partial charge is 0.380 e. The molecule has 9 heteroatoms. The van der Waals surface area contributed by atoms with Gasteiger partial charge in [0.05, 0.1) is 11.5 Å². The van der Waals surface area contributed by atoms with E-state index in [9.17, 15) is 8.42 Å². The van der Waals surface area contributed by atoms with Crippen LogP contribution in [0.25, 0.3) is 0 Å². The summed E-state index contributed by atoms with van der Waals surface area (Å²) in [5.41, 5.74) is 0.729. The fourth-order valence-corrected chi connectivity index (χ4v) is 4.78. The van der Waals surface area contributed by atoms with Gasteiger partial charge >= 0.3 is 0 Å². The molecule has 0 amide bonds. The molecule has 2 N–H and O–H groups in total. The van der Waals surface area contributed by atoms with Gasteiger partial charge in [0, 0.05) is 52.9 Å². The van der Waals surface area contributed by atoms with E-state index >= 15 is 0 Å². The lowest BCUT2D eigenvalue weighted by Crippen LogP contribution is -2.47. The highest BCUT2D eigenvalue weighted by molar-refractivity contribution is 7.89. The lowest BCUT2D eigenvalue weighted by Gasteiger charge is -2.32. The van der Waals surface area contributed by atoms with Crippen LogP contribution < -0.4 is 10.6 Å². The summed E-state index contributed by atoms with van der Waals surface area (Å²) in [6.45, 7) is 9.23. The molecular weight excluding hydrogens is 402 g/mol. The Balaban J connectivity index is 1.91. The number of nitrogens with one attached hydrogen (secondary N) is 2. The number of rotatable bonds is 10. The smallest absolute Gasteiger partial charge is 0.243 e. The van der Waals surface area contributed by atoms with Gasteiger partial charge in [0.1, 0.15) is 0 Å². The van der Waals surface area contributed by atoms with Crippen LogP contribution in [0.15, 0.2) is 34.2 Å². The average molecular weight is 440 g/mol. The Kier molecular flexibility index (Phi) is 10.0. The summed E-state index contributed by atoms with van der Waals surface area (Å²) >= 11 is 0. The van der Waals surface area contributed by atoms with Crippen molar-refractivity contribution in [2.75, 3.05) is 60.0 Å². The number of nitrogens with zero attached hydrogens (tertiary/aromatic N) is 3. The molecule has 1 aromatic carbocycles. The summed E-state index contributed by atoms with van der Waals surface area (Å²) in [5, 5.41) is 6.41. The van der Waals surface area contributed by atoms with Gasteiger partial charge in [0.2, 0.25) is 10.0 Å². The molecule has 0 unspecified atom stereocenters. The molecule has 1 aromatic rings. The van der Waals surface area contributed by atoms with Crippen molar-refractivity contribution in [3.63, 3.8) is 0 Å². The Hall–Kier alpha value is -1.68. The molecule has 0 aromatic heterocycles. The zero-order chi connectivity index (χ0) is 22.0. The molecule has 0 saturated carbocycles. The monoisotopic (exact) mass is 439 g/mol. The van der Waals surface area contributed by atoms with Gasteiger partial charge in [0.15, 0.2) is 5.96 Å². The van der Waals surface area contributed by atoms with Gasteiger partial charge in [0.25, 0.3) is 0 Å². The van der Waals surface area contributed by atoms with E-state index in [4.69, 9.17) is 4.74 Å². The van der Waals surface area contributed by atoms with Crippen LogP contribution in [0.4, 0.5) is 0 Å². The molecular formula is C21H37N5O3S. The van der Waals surface area contributed by atoms with Crippen LogP contribution in [0.2, 0.25) is 0 Å². The number of piperazine rings is 1. The first-order chi connectivity index (χ1) is 14.3. The third-order valence-electron chi connectivity index (χ3n) is 5.10. The van der Waals surface area contributed by atoms with Crippen molar-refractivity contribution in [1.82, 2.24) is 19.8 Å². The first-order valence-corrected chi connectivity index (χ1v) is 12.1. The third kappa shape index (κ3) is 7.54. The normalized spacial score (nSPS) is 16.8. The van der Waals surface area contributed by atoms with Crippen LogP contribution in [0, 0.1) is 5.92 Å². The number of guanidine groups is 1. The SMILES string of the molecule is CN=C(NCCOCCC(C)C)NCc1ccccc1S(=O)(=O)N1CCN(C)CC1. The summed E-state index contributed by atoms with van der Waals surface area (Å²) in [7, 11) is 0.187. The van der Waals surface area contributed by atoms with Crippen molar-refractivity contribution in [3.8, 4) is 0 Å². The highest BCUT2D eigenvalue weighted by Crippen LogP contribution is 2.21. The Morgan fingerprint density at radius 2 is 1.83 bits per heavy atom. The second-order valence-electron chi connectivity index (χ2n) is 7.96. The lowest BCUT2D eigenvalue weighted by atomic mass is 10.1. The van der Waals surface area contributed by atoms with E-state index in [1.165, 1.54) is 0 Å². The summed E-state index contributed by atoms with van der Waals surface area (Å²) in [4.78, 5) is 6.71. The fourth-order valence-electron chi connectivity index (χ4n) is 3.13. The molecule has 1 heterocycles. The molecule has 2 rings (SSSR count). The van der Waals surface area contributed by atoms with E-state index < -0.39 is 10.0 Å². The number of hydrogen-bond acceptors (Lipinski definition) is 5. The second-order valence-corrected chi connectivity index (χ2v) is 9.87. The predicted molar refractivity (Wildman–Crippen MR) is 121 cm³/mol. The highest BCUT2D eigenvalue weighted by atomic mass is 32.2. The Labute approximate surface area is 181 Å². The minimum absolute atomic E-state index is 0.356. The van der Waals surface area contributed by atoms with Crippen molar-refractivity contribution in [3.05, 3.63) is 29.8 Å². The molecule has 0 spiro atoms. The maximum absolute atomic E-state index is 13.2. The molecule has 30 heavy (non-hydrogen) atoms. The molecule has 0 bridgehead atoms. The molecule has 1 fully saturated rings. The number of sulfonamides is 1. The van der Waals surface area contributed by atoms with Crippen LogP contribution in [0.5, 0.6) is 0 Å². The van der Waals surface area contributed by atoms with E-state index in [0.29, 0.717) is 49.6 Å². The molecule has 0 aliphatic carbocycles. The summed E-state index contributed by atoms with van der Waals surface area (Å²) < 4.78 is 33.5. The minimum atomic E-state index is -3.52. The first-order valence-electron chi connectivity index (χ1n) is 10.6. The van der Waals surface area contributed by atoms with Crippen LogP contribution in [0.3, 0.4) is 0 Å². The van der Waals surface area contributed by atoms with Crippen LogP contribution >= 0.6 is 0 Å². The van der Waals surface area contributed by atoms with E-state index in [2.05, 4.69) is 34.4 Å². The zero-order valence-electron chi connectivity index (χ0n) is 18.7. The average Bonchev–Trinajstić information content (AvgIpc) is 2.73. The molecule has 1 aliphatic heterocycles. The standard InChI is InChI=1S/C21H37N5O3S/c1-18(2)9-15-29-16-10-23-21(22-3)24-17-19-7-5-6-8-20(19)30(27,28)26-13-11-25(4)12-14-26/h5-8,18H,9-17H2,1-4H3,(H2,22,23,24). The van der Waals surface area contributed by atoms with Gasteiger partial charge in [-0.25, -0.2) is 8.42 Å². The molecule has 0 atom stereocenters. The third-order valence-corrected chi connectivity index (χ3v) is 7.10. The first kappa shape index (κ1) is 24.6. The van der Waals surface area contributed by atoms with Gasteiger partial charge in [-0.05, 0) is 31.0 Å². The van der Waals surface area contributed by atoms with Crippen LogP contribution in [-0.4, -0.2) is 83.6 Å². The fraction of sp³-hybridized carbons (Fsp3) is 0.667. The zero-order valence-corrected chi connectivity index (χ0v) is 19.5. The maximum Gasteiger partial charge on any atom is 0.243 e. The van der Waals surface area contributed by atoms with Gasteiger partial charge in [-0.15, -0.1) is 0 Å². The van der Waals surface area contributed by atoms with Crippen molar-refractivity contribution >= 4 is 16.0 Å². The highest BCUT2D eigenvalue weighted by Gasteiger charge is 2.29. The molecule has 0 radical (unpaired) electrons. The van der Waals surface area contributed by atoms with Crippen molar-refractivity contribution in [2.24, 2.45) is 10.9 Å². The molecule has 1 aliphatic rings.